The van der Waals surface area contributed by atoms with Crippen molar-refractivity contribution in [2.45, 2.75) is 39.0 Å². The van der Waals surface area contributed by atoms with E-state index in [4.69, 9.17) is 14.5 Å². The van der Waals surface area contributed by atoms with Crippen LogP contribution in [0.1, 0.15) is 29.1 Å². The van der Waals surface area contributed by atoms with Gasteiger partial charge in [0, 0.05) is 44.7 Å². The fraction of sp³-hybridized carbons (Fsp3) is 0.524. The molecule has 0 aliphatic carbocycles. The zero-order valence-corrected chi connectivity index (χ0v) is 17.1. The summed E-state index contributed by atoms with van der Waals surface area (Å²) in [7, 11) is 0. The molecule has 1 aromatic carbocycles. The first kappa shape index (κ1) is 19.4. The summed E-state index contributed by atoms with van der Waals surface area (Å²) in [6.07, 6.45) is 1.66. The number of carbonyl (C=O) groups excluding carboxylic acids is 1. The lowest BCUT2D eigenvalue weighted by molar-refractivity contribution is -0.142. The molecule has 2 aromatic rings. The van der Waals surface area contributed by atoms with Crippen LogP contribution in [-0.4, -0.2) is 59.6 Å². The Morgan fingerprint density at radius 1 is 1.25 bits per heavy atom. The lowest BCUT2D eigenvalue weighted by Crippen LogP contribution is -2.51. The Labute approximate surface area is 170 Å². The Bertz CT molecular complexity index is 778. The number of amides is 1. The average molecular weight is 402 g/mol. The maximum Gasteiger partial charge on any atom is 0.251 e. The van der Waals surface area contributed by atoms with Crippen molar-refractivity contribution in [2.24, 2.45) is 0 Å². The number of hydrogen-bond donors (Lipinski definition) is 0. The zero-order chi connectivity index (χ0) is 19.3. The van der Waals surface area contributed by atoms with Gasteiger partial charge in [0.2, 0.25) is 0 Å². The third-order valence-corrected chi connectivity index (χ3v) is 6.13. The van der Waals surface area contributed by atoms with Crippen molar-refractivity contribution in [2.75, 3.05) is 32.8 Å². The normalized spacial score (nSPS) is 20.5. The van der Waals surface area contributed by atoms with E-state index in [-0.39, 0.29) is 12.0 Å². The van der Waals surface area contributed by atoms with Crippen LogP contribution in [0.5, 0.6) is 5.75 Å². The fourth-order valence-corrected chi connectivity index (χ4v) is 4.30. The van der Waals surface area contributed by atoms with Gasteiger partial charge in [-0.25, -0.2) is 4.98 Å². The number of ether oxygens (including phenoxy) is 2. The van der Waals surface area contributed by atoms with E-state index in [0.29, 0.717) is 6.61 Å². The topological polar surface area (TPSA) is 54.9 Å². The molecule has 1 atom stereocenters. The Hall–Kier alpha value is -1.96. The van der Waals surface area contributed by atoms with Gasteiger partial charge in [0.15, 0.2) is 0 Å². The van der Waals surface area contributed by atoms with Crippen LogP contribution in [0.15, 0.2) is 29.6 Å². The van der Waals surface area contributed by atoms with E-state index in [2.05, 4.69) is 17.2 Å². The summed E-state index contributed by atoms with van der Waals surface area (Å²) in [4.78, 5) is 21.5. The third-order valence-electron chi connectivity index (χ3n) is 5.26. The van der Waals surface area contributed by atoms with Gasteiger partial charge < -0.3 is 14.4 Å². The monoisotopic (exact) mass is 401 g/mol. The summed E-state index contributed by atoms with van der Waals surface area (Å²) in [5.74, 6) is 1.04. The summed E-state index contributed by atoms with van der Waals surface area (Å²) >= 11 is 1.64. The van der Waals surface area contributed by atoms with Crippen LogP contribution in [0.25, 0.3) is 0 Å². The molecule has 3 heterocycles. The molecule has 150 valence electrons. The van der Waals surface area contributed by atoms with Gasteiger partial charge in [-0.2, -0.15) is 0 Å². The minimum atomic E-state index is -0.207. The molecule has 7 heteroatoms. The largest absolute Gasteiger partial charge is 0.486 e. The second kappa shape index (κ2) is 9.03. The summed E-state index contributed by atoms with van der Waals surface area (Å²) in [5.41, 5.74) is 2.30. The highest BCUT2D eigenvalue weighted by Gasteiger charge is 2.30. The van der Waals surface area contributed by atoms with Crippen molar-refractivity contribution in [1.82, 2.24) is 14.8 Å². The molecule has 2 fully saturated rings. The molecule has 0 bridgehead atoms. The maximum atomic E-state index is 12.4. The maximum absolute atomic E-state index is 12.4. The first-order valence-corrected chi connectivity index (χ1v) is 10.8. The van der Waals surface area contributed by atoms with Gasteiger partial charge in [0.05, 0.1) is 5.69 Å². The Morgan fingerprint density at radius 3 is 2.75 bits per heavy atom. The lowest BCUT2D eigenvalue weighted by atomic mass is 10.2. The molecule has 2 aliphatic heterocycles. The van der Waals surface area contributed by atoms with Gasteiger partial charge in [-0.3, -0.25) is 9.69 Å². The van der Waals surface area contributed by atoms with Gasteiger partial charge >= 0.3 is 0 Å². The number of carbonyl (C=O) groups is 1. The first-order valence-electron chi connectivity index (χ1n) is 9.93. The van der Waals surface area contributed by atoms with E-state index in [1.54, 1.807) is 11.3 Å². The molecule has 1 amide bonds. The highest BCUT2D eigenvalue weighted by Crippen LogP contribution is 2.19. The fourth-order valence-electron chi connectivity index (χ4n) is 3.60. The first-order chi connectivity index (χ1) is 13.7. The standard InChI is InChI=1S/C21H27N3O3S/c1-16-4-6-18(7-5-16)27-14-20-22-17(15-28-20)13-23-8-10-24(11-9-23)21(25)19-3-2-12-26-19/h4-7,15,19H,2-3,8-14H2,1H3/t19-/m0/s1. The van der Waals surface area contributed by atoms with E-state index < -0.39 is 0 Å². The highest BCUT2D eigenvalue weighted by molar-refractivity contribution is 7.09. The van der Waals surface area contributed by atoms with E-state index in [0.717, 1.165) is 68.6 Å². The molecule has 0 unspecified atom stereocenters. The predicted octanol–water partition coefficient (Wildman–Crippen LogP) is 2.85. The van der Waals surface area contributed by atoms with Gasteiger partial charge in [-0.15, -0.1) is 11.3 Å². The SMILES string of the molecule is Cc1ccc(OCc2nc(CN3CCN(C(=O)[C@@H]4CCCO4)CC3)cs2)cc1. The van der Waals surface area contributed by atoms with E-state index in [9.17, 15) is 4.79 Å². The number of nitrogens with zero attached hydrogens (tertiary/aromatic N) is 3. The Balaban J connectivity index is 1.22. The molecule has 0 radical (unpaired) electrons. The smallest absolute Gasteiger partial charge is 0.251 e. The Kier molecular flexibility index (Phi) is 6.24. The molecule has 0 spiro atoms. The molecule has 2 saturated heterocycles. The van der Waals surface area contributed by atoms with Crippen LogP contribution in [0.2, 0.25) is 0 Å². The number of thiazole rings is 1. The van der Waals surface area contributed by atoms with Gasteiger partial charge in [-0.05, 0) is 31.9 Å². The number of aromatic nitrogens is 1. The van der Waals surface area contributed by atoms with Crippen LogP contribution in [0.4, 0.5) is 0 Å². The average Bonchev–Trinajstić information content (AvgIpc) is 3.40. The molecule has 6 nitrogen and oxygen atoms in total. The van der Waals surface area contributed by atoms with Gasteiger partial charge in [0.1, 0.15) is 23.5 Å². The van der Waals surface area contributed by atoms with Crippen molar-refractivity contribution in [3.05, 3.63) is 45.9 Å². The summed E-state index contributed by atoms with van der Waals surface area (Å²) in [6.45, 7) is 7.40. The number of piperazine rings is 1. The lowest BCUT2D eigenvalue weighted by Gasteiger charge is -2.35. The second-order valence-electron chi connectivity index (χ2n) is 7.44. The predicted molar refractivity (Wildman–Crippen MR) is 108 cm³/mol. The van der Waals surface area contributed by atoms with Crippen LogP contribution in [0.3, 0.4) is 0 Å². The number of rotatable bonds is 6. The molecule has 28 heavy (non-hydrogen) atoms. The van der Waals surface area contributed by atoms with Crippen molar-refractivity contribution >= 4 is 17.2 Å². The van der Waals surface area contributed by atoms with Gasteiger partial charge in [0.25, 0.3) is 5.91 Å². The highest BCUT2D eigenvalue weighted by atomic mass is 32.1. The summed E-state index contributed by atoms with van der Waals surface area (Å²) < 4.78 is 11.3. The molecule has 4 rings (SSSR count). The van der Waals surface area contributed by atoms with E-state index in [1.165, 1.54) is 5.56 Å². The Morgan fingerprint density at radius 2 is 2.04 bits per heavy atom. The van der Waals surface area contributed by atoms with Gasteiger partial charge in [-0.1, -0.05) is 17.7 Å². The van der Waals surface area contributed by atoms with E-state index in [1.807, 2.05) is 29.2 Å². The summed E-state index contributed by atoms with van der Waals surface area (Å²) in [5, 5.41) is 3.10. The van der Waals surface area contributed by atoms with Crippen molar-refractivity contribution < 1.29 is 14.3 Å². The quantitative estimate of drug-likeness (QED) is 0.745. The van der Waals surface area contributed by atoms with Crippen molar-refractivity contribution in [1.29, 1.82) is 0 Å². The van der Waals surface area contributed by atoms with Crippen molar-refractivity contribution in [3.63, 3.8) is 0 Å². The molecule has 1 aromatic heterocycles. The van der Waals surface area contributed by atoms with Crippen molar-refractivity contribution in [3.8, 4) is 5.75 Å². The zero-order valence-electron chi connectivity index (χ0n) is 16.3. The molecular weight excluding hydrogens is 374 g/mol. The summed E-state index contributed by atoms with van der Waals surface area (Å²) in [6, 6.07) is 8.07. The van der Waals surface area contributed by atoms with Crippen LogP contribution < -0.4 is 4.74 Å². The molecule has 0 N–H and O–H groups in total. The number of hydrogen-bond acceptors (Lipinski definition) is 6. The van der Waals surface area contributed by atoms with Crippen LogP contribution in [0, 0.1) is 6.92 Å². The molecule has 0 saturated carbocycles. The van der Waals surface area contributed by atoms with Crippen LogP contribution in [-0.2, 0) is 22.7 Å². The molecular formula is C21H27N3O3S. The molecule has 2 aliphatic rings. The number of aryl methyl sites for hydroxylation is 1. The van der Waals surface area contributed by atoms with Crippen LogP contribution >= 0.6 is 11.3 Å². The second-order valence-corrected chi connectivity index (χ2v) is 8.38. The minimum Gasteiger partial charge on any atom is -0.486 e. The minimum absolute atomic E-state index is 0.168. The number of benzene rings is 1. The van der Waals surface area contributed by atoms with E-state index >= 15 is 0 Å². The third kappa shape index (κ3) is 4.90.